The van der Waals surface area contributed by atoms with Crippen LogP contribution >= 0.6 is 0 Å². The number of amides is 1. The van der Waals surface area contributed by atoms with Crippen LogP contribution < -0.4 is 5.32 Å². The molecule has 1 amide bonds. The van der Waals surface area contributed by atoms with Crippen LogP contribution in [-0.4, -0.2) is 29.1 Å². The molecule has 1 fully saturated rings. The number of nitrogens with one attached hydrogen (secondary N) is 2. The maximum absolute atomic E-state index is 12.3. The smallest absolute Gasteiger partial charge is 0.381 e. The van der Waals surface area contributed by atoms with Gasteiger partial charge in [-0.1, -0.05) is 0 Å². The van der Waals surface area contributed by atoms with Crippen molar-refractivity contribution in [1.82, 2.24) is 9.97 Å². The first-order valence-electron chi connectivity index (χ1n) is 5.97. The van der Waals surface area contributed by atoms with Crippen LogP contribution in [0.2, 0.25) is 0 Å². The van der Waals surface area contributed by atoms with Crippen molar-refractivity contribution in [3.63, 3.8) is 0 Å². The Balaban J connectivity index is 1.96. The molecule has 1 aliphatic rings. The molecule has 19 heavy (non-hydrogen) atoms. The molecule has 8 heteroatoms. The van der Waals surface area contributed by atoms with E-state index >= 15 is 0 Å². The predicted molar refractivity (Wildman–Crippen MR) is 60.4 cm³/mol. The second kappa shape index (κ2) is 5.60. The molecule has 1 atom stereocenters. The highest BCUT2D eigenvalue weighted by atomic mass is 19.4. The molecular weight excluding hydrogens is 263 g/mol. The largest absolute Gasteiger partial charge is 0.432 e. The number of hydrogen-bond acceptors (Lipinski definition) is 3. The van der Waals surface area contributed by atoms with Crippen molar-refractivity contribution in [2.45, 2.75) is 25.4 Å². The quantitative estimate of drug-likeness (QED) is 0.870. The third-order valence-corrected chi connectivity index (χ3v) is 2.95. The Bertz CT molecular complexity index is 437. The molecule has 2 rings (SSSR count). The summed E-state index contributed by atoms with van der Waals surface area (Å²) in [4.78, 5) is 17.4. The fourth-order valence-corrected chi connectivity index (χ4v) is 1.91. The lowest BCUT2D eigenvalue weighted by Gasteiger charge is -2.11. The molecule has 106 valence electrons. The molecule has 5 nitrogen and oxygen atoms in total. The average molecular weight is 277 g/mol. The molecule has 2 heterocycles. The Hall–Kier alpha value is -1.57. The minimum Gasteiger partial charge on any atom is -0.381 e. The highest BCUT2D eigenvalue weighted by Crippen LogP contribution is 2.28. The van der Waals surface area contributed by atoms with Gasteiger partial charge in [-0.2, -0.15) is 13.2 Å². The summed E-state index contributed by atoms with van der Waals surface area (Å²) in [6.45, 7) is 1.10. The van der Waals surface area contributed by atoms with Gasteiger partial charge in [-0.15, -0.1) is 0 Å². The Morgan fingerprint density at radius 3 is 2.89 bits per heavy atom. The van der Waals surface area contributed by atoms with Gasteiger partial charge in [-0.3, -0.25) is 10.1 Å². The highest BCUT2D eigenvalue weighted by Gasteiger charge is 2.33. The summed E-state index contributed by atoms with van der Waals surface area (Å²) in [5, 5.41) is 2.37. The van der Waals surface area contributed by atoms with Crippen molar-refractivity contribution < 1.29 is 22.7 Å². The van der Waals surface area contributed by atoms with Crippen molar-refractivity contribution in [3.8, 4) is 0 Å². The van der Waals surface area contributed by atoms with Gasteiger partial charge in [-0.25, -0.2) is 4.98 Å². The van der Waals surface area contributed by atoms with Gasteiger partial charge in [0.15, 0.2) is 0 Å². The van der Waals surface area contributed by atoms with Gasteiger partial charge in [0.2, 0.25) is 11.9 Å². The van der Waals surface area contributed by atoms with Crippen LogP contribution in [0, 0.1) is 5.92 Å². The second-order valence-corrected chi connectivity index (χ2v) is 4.37. The zero-order chi connectivity index (χ0) is 13.9. The normalized spacial score (nSPS) is 20.9. The summed E-state index contributed by atoms with van der Waals surface area (Å²) in [5.41, 5.74) is -0.980. The summed E-state index contributed by atoms with van der Waals surface area (Å²) >= 11 is 0. The molecule has 0 aliphatic carbocycles. The van der Waals surface area contributed by atoms with Gasteiger partial charge in [0.1, 0.15) is 5.69 Å². The van der Waals surface area contributed by atoms with Crippen molar-refractivity contribution in [2.75, 3.05) is 18.5 Å². The third kappa shape index (κ3) is 3.69. The van der Waals surface area contributed by atoms with E-state index < -0.39 is 11.9 Å². The maximum Gasteiger partial charge on any atom is 0.432 e. The standard InChI is InChI=1S/C11H14F3N3O2/c12-11(13,14)8-6-15-10(16-8)17-9(18)7-2-1-4-19-5-3-7/h6-7H,1-5H2,(H2,15,16,17,18). The number of carbonyl (C=O) groups is 1. The lowest BCUT2D eigenvalue weighted by Crippen LogP contribution is -2.23. The monoisotopic (exact) mass is 277 g/mol. The first kappa shape index (κ1) is 13.9. The van der Waals surface area contributed by atoms with Crippen LogP contribution in [0.4, 0.5) is 19.1 Å². The Morgan fingerprint density at radius 2 is 2.21 bits per heavy atom. The van der Waals surface area contributed by atoms with Crippen LogP contribution in [-0.2, 0) is 15.7 Å². The lowest BCUT2D eigenvalue weighted by atomic mass is 10.00. The van der Waals surface area contributed by atoms with Crippen molar-refractivity contribution in [3.05, 3.63) is 11.9 Å². The summed E-state index contributed by atoms with van der Waals surface area (Å²) in [6, 6.07) is 0. The number of H-pyrrole nitrogens is 1. The SMILES string of the molecule is O=C(Nc1ncc(C(F)(F)F)[nH]1)C1CCCOCC1. The minimum atomic E-state index is -4.49. The molecule has 1 unspecified atom stereocenters. The average Bonchev–Trinajstić information content (AvgIpc) is 2.63. The fourth-order valence-electron chi connectivity index (χ4n) is 1.91. The van der Waals surface area contributed by atoms with E-state index in [0.29, 0.717) is 32.3 Å². The molecular formula is C11H14F3N3O2. The molecule has 1 aromatic heterocycles. The summed E-state index contributed by atoms with van der Waals surface area (Å²) in [6.07, 6.45) is -1.83. The highest BCUT2D eigenvalue weighted by molar-refractivity contribution is 5.90. The number of alkyl halides is 3. The van der Waals surface area contributed by atoms with Gasteiger partial charge in [0, 0.05) is 19.1 Å². The van der Waals surface area contributed by atoms with Gasteiger partial charge in [-0.05, 0) is 19.3 Å². The Morgan fingerprint density at radius 1 is 1.42 bits per heavy atom. The second-order valence-electron chi connectivity index (χ2n) is 4.37. The van der Waals surface area contributed by atoms with E-state index in [0.717, 1.165) is 6.42 Å². The molecule has 1 saturated heterocycles. The molecule has 2 N–H and O–H groups in total. The molecule has 1 aromatic rings. The zero-order valence-electron chi connectivity index (χ0n) is 10.1. The fraction of sp³-hybridized carbons (Fsp3) is 0.636. The van der Waals surface area contributed by atoms with E-state index in [2.05, 4.69) is 10.3 Å². The first-order valence-corrected chi connectivity index (χ1v) is 5.97. The Kier molecular flexibility index (Phi) is 4.08. The number of imidazole rings is 1. The maximum atomic E-state index is 12.3. The van der Waals surface area contributed by atoms with Gasteiger partial charge in [0.25, 0.3) is 0 Å². The zero-order valence-corrected chi connectivity index (χ0v) is 10.1. The Labute approximate surface area is 107 Å². The van der Waals surface area contributed by atoms with Crippen LogP contribution in [0.1, 0.15) is 25.0 Å². The van der Waals surface area contributed by atoms with E-state index in [4.69, 9.17) is 4.74 Å². The van der Waals surface area contributed by atoms with Crippen LogP contribution in [0.3, 0.4) is 0 Å². The number of rotatable bonds is 2. The number of carbonyl (C=O) groups excluding carboxylic acids is 1. The van der Waals surface area contributed by atoms with Crippen LogP contribution in [0.5, 0.6) is 0 Å². The molecule has 0 radical (unpaired) electrons. The van der Waals surface area contributed by atoms with E-state index in [9.17, 15) is 18.0 Å². The number of halogens is 3. The third-order valence-electron chi connectivity index (χ3n) is 2.95. The lowest BCUT2D eigenvalue weighted by molar-refractivity contribution is -0.140. The van der Waals surface area contributed by atoms with E-state index in [-0.39, 0.29) is 17.8 Å². The topological polar surface area (TPSA) is 67.0 Å². The number of ether oxygens (including phenoxy) is 1. The number of anilines is 1. The van der Waals surface area contributed by atoms with Crippen LogP contribution in [0.15, 0.2) is 6.20 Å². The molecule has 0 bridgehead atoms. The molecule has 0 aromatic carbocycles. The van der Waals surface area contributed by atoms with Crippen molar-refractivity contribution in [1.29, 1.82) is 0 Å². The number of hydrogen-bond donors (Lipinski definition) is 2. The minimum absolute atomic E-state index is 0.178. The number of aromatic amines is 1. The van der Waals surface area contributed by atoms with Gasteiger partial charge < -0.3 is 9.72 Å². The molecule has 0 spiro atoms. The van der Waals surface area contributed by atoms with E-state index in [1.165, 1.54) is 0 Å². The number of nitrogens with zero attached hydrogens (tertiary/aromatic N) is 1. The van der Waals surface area contributed by atoms with Gasteiger partial charge >= 0.3 is 6.18 Å². The summed E-state index contributed by atoms with van der Waals surface area (Å²) < 4.78 is 42.3. The number of aromatic nitrogens is 2. The summed E-state index contributed by atoms with van der Waals surface area (Å²) in [5.74, 6) is -0.752. The van der Waals surface area contributed by atoms with E-state index in [1.54, 1.807) is 0 Å². The molecule has 1 aliphatic heterocycles. The van der Waals surface area contributed by atoms with E-state index in [1.807, 2.05) is 4.98 Å². The first-order chi connectivity index (χ1) is 8.97. The van der Waals surface area contributed by atoms with Crippen molar-refractivity contribution >= 4 is 11.9 Å². The van der Waals surface area contributed by atoms with Crippen LogP contribution in [0.25, 0.3) is 0 Å². The summed E-state index contributed by atoms with van der Waals surface area (Å²) in [7, 11) is 0. The van der Waals surface area contributed by atoms with Gasteiger partial charge in [0.05, 0.1) is 6.20 Å². The molecule has 0 saturated carbocycles. The van der Waals surface area contributed by atoms with Crippen molar-refractivity contribution in [2.24, 2.45) is 5.92 Å². The predicted octanol–water partition coefficient (Wildman–Crippen LogP) is 2.18.